The van der Waals surface area contributed by atoms with E-state index >= 15 is 0 Å². The molecular formula is C14H19NO2. The molecule has 0 bridgehead atoms. The van der Waals surface area contributed by atoms with E-state index < -0.39 is 0 Å². The molecule has 92 valence electrons. The van der Waals surface area contributed by atoms with Crippen molar-refractivity contribution in [3.05, 3.63) is 35.9 Å². The Morgan fingerprint density at radius 2 is 2.24 bits per heavy atom. The van der Waals surface area contributed by atoms with Gasteiger partial charge in [-0.1, -0.05) is 30.3 Å². The van der Waals surface area contributed by atoms with Crippen LogP contribution in [0, 0.1) is 0 Å². The van der Waals surface area contributed by atoms with E-state index in [2.05, 4.69) is 5.32 Å². The zero-order valence-corrected chi connectivity index (χ0v) is 10.2. The van der Waals surface area contributed by atoms with Gasteiger partial charge >= 0.3 is 0 Å². The standard InChI is InChI=1S/C14H19NO2/c1-11(12-6-3-2-4-7-12)14(16)15-10-13-8-5-9-17-13/h2-4,6-7,11,13H,5,8-10H2,1H3,(H,15,16). The van der Waals surface area contributed by atoms with Gasteiger partial charge in [-0.05, 0) is 25.3 Å². The van der Waals surface area contributed by atoms with Crippen LogP contribution in [-0.2, 0) is 9.53 Å². The summed E-state index contributed by atoms with van der Waals surface area (Å²) in [6.45, 7) is 3.39. The summed E-state index contributed by atoms with van der Waals surface area (Å²) in [5.41, 5.74) is 1.05. The van der Waals surface area contributed by atoms with Gasteiger partial charge < -0.3 is 10.1 Å². The quantitative estimate of drug-likeness (QED) is 0.864. The van der Waals surface area contributed by atoms with E-state index in [0.717, 1.165) is 25.0 Å². The highest BCUT2D eigenvalue weighted by Gasteiger charge is 2.19. The highest BCUT2D eigenvalue weighted by atomic mass is 16.5. The summed E-state index contributed by atoms with van der Waals surface area (Å²) in [4.78, 5) is 11.9. The lowest BCUT2D eigenvalue weighted by Gasteiger charge is -2.15. The first kappa shape index (κ1) is 12.1. The fourth-order valence-corrected chi connectivity index (χ4v) is 2.07. The molecule has 1 aromatic carbocycles. The Hall–Kier alpha value is -1.35. The first-order valence-electron chi connectivity index (χ1n) is 6.21. The minimum Gasteiger partial charge on any atom is -0.376 e. The predicted octanol–water partition coefficient (Wildman–Crippen LogP) is 2.09. The van der Waals surface area contributed by atoms with Crippen molar-refractivity contribution < 1.29 is 9.53 Å². The monoisotopic (exact) mass is 233 g/mol. The zero-order chi connectivity index (χ0) is 12.1. The van der Waals surface area contributed by atoms with Crippen LogP contribution in [0.25, 0.3) is 0 Å². The van der Waals surface area contributed by atoms with Gasteiger partial charge in [0.05, 0.1) is 12.0 Å². The Morgan fingerprint density at radius 1 is 1.47 bits per heavy atom. The number of hydrogen-bond donors (Lipinski definition) is 1. The Balaban J connectivity index is 1.83. The highest BCUT2D eigenvalue weighted by Crippen LogP contribution is 2.15. The maximum atomic E-state index is 11.9. The maximum absolute atomic E-state index is 11.9. The number of rotatable bonds is 4. The second kappa shape index (κ2) is 5.82. The van der Waals surface area contributed by atoms with Crippen LogP contribution in [-0.4, -0.2) is 25.2 Å². The van der Waals surface area contributed by atoms with E-state index in [-0.39, 0.29) is 17.9 Å². The maximum Gasteiger partial charge on any atom is 0.227 e. The molecule has 1 N–H and O–H groups in total. The molecule has 0 spiro atoms. The average molecular weight is 233 g/mol. The van der Waals surface area contributed by atoms with Gasteiger partial charge in [-0.25, -0.2) is 0 Å². The second-order valence-corrected chi connectivity index (χ2v) is 4.51. The lowest BCUT2D eigenvalue weighted by molar-refractivity contribution is -0.122. The van der Waals surface area contributed by atoms with Crippen LogP contribution in [0.2, 0.25) is 0 Å². The van der Waals surface area contributed by atoms with Crippen LogP contribution in [0.15, 0.2) is 30.3 Å². The van der Waals surface area contributed by atoms with Crippen LogP contribution < -0.4 is 5.32 Å². The molecular weight excluding hydrogens is 214 g/mol. The number of benzene rings is 1. The molecule has 3 nitrogen and oxygen atoms in total. The number of carbonyl (C=O) groups excluding carboxylic acids is 1. The summed E-state index contributed by atoms with van der Waals surface area (Å²) in [6, 6.07) is 9.84. The van der Waals surface area contributed by atoms with Gasteiger partial charge in [0.1, 0.15) is 0 Å². The number of ether oxygens (including phenoxy) is 1. The van der Waals surface area contributed by atoms with Crippen LogP contribution in [0.1, 0.15) is 31.2 Å². The smallest absolute Gasteiger partial charge is 0.227 e. The molecule has 1 saturated heterocycles. The number of carbonyl (C=O) groups is 1. The molecule has 2 rings (SSSR count). The summed E-state index contributed by atoms with van der Waals surface area (Å²) in [5, 5.41) is 2.96. The van der Waals surface area contributed by atoms with Gasteiger partial charge in [0.25, 0.3) is 0 Å². The molecule has 0 saturated carbocycles. The average Bonchev–Trinajstić information content (AvgIpc) is 2.89. The normalized spacial score (nSPS) is 21.1. The van der Waals surface area contributed by atoms with Gasteiger partial charge in [0.15, 0.2) is 0 Å². The SMILES string of the molecule is CC(C(=O)NCC1CCCO1)c1ccccc1. The second-order valence-electron chi connectivity index (χ2n) is 4.51. The summed E-state index contributed by atoms with van der Waals surface area (Å²) < 4.78 is 5.47. The fraction of sp³-hybridized carbons (Fsp3) is 0.500. The molecule has 1 aliphatic heterocycles. The molecule has 17 heavy (non-hydrogen) atoms. The Kier molecular flexibility index (Phi) is 4.15. The molecule has 1 amide bonds. The molecule has 0 radical (unpaired) electrons. The van der Waals surface area contributed by atoms with Gasteiger partial charge in [-0.3, -0.25) is 4.79 Å². The van der Waals surface area contributed by atoms with Crippen molar-refractivity contribution in [2.24, 2.45) is 0 Å². The van der Waals surface area contributed by atoms with Crippen LogP contribution >= 0.6 is 0 Å². The van der Waals surface area contributed by atoms with E-state index in [9.17, 15) is 4.79 Å². The fourth-order valence-electron chi connectivity index (χ4n) is 2.07. The molecule has 1 aromatic rings. The van der Waals surface area contributed by atoms with Gasteiger partial charge in [0.2, 0.25) is 5.91 Å². The third-order valence-corrected chi connectivity index (χ3v) is 3.22. The largest absolute Gasteiger partial charge is 0.376 e. The summed E-state index contributed by atoms with van der Waals surface area (Å²) in [7, 11) is 0. The van der Waals surface area contributed by atoms with Crippen molar-refractivity contribution in [2.45, 2.75) is 31.8 Å². The van der Waals surface area contributed by atoms with Crippen molar-refractivity contribution in [2.75, 3.05) is 13.2 Å². The Morgan fingerprint density at radius 3 is 2.88 bits per heavy atom. The van der Waals surface area contributed by atoms with Gasteiger partial charge in [0, 0.05) is 13.2 Å². The predicted molar refractivity (Wildman–Crippen MR) is 66.8 cm³/mol. The molecule has 1 heterocycles. The van der Waals surface area contributed by atoms with Crippen LogP contribution in [0.5, 0.6) is 0 Å². The topological polar surface area (TPSA) is 38.3 Å². The molecule has 1 aliphatic rings. The molecule has 2 atom stereocenters. The summed E-state index contributed by atoms with van der Waals surface area (Å²) >= 11 is 0. The third-order valence-electron chi connectivity index (χ3n) is 3.22. The van der Waals surface area contributed by atoms with E-state index in [1.165, 1.54) is 0 Å². The number of nitrogens with one attached hydrogen (secondary N) is 1. The Bertz CT molecular complexity index is 358. The van der Waals surface area contributed by atoms with Crippen LogP contribution in [0.4, 0.5) is 0 Å². The molecule has 2 unspecified atom stereocenters. The molecule has 3 heteroatoms. The van der Waals surface area contributed by atoms with Crippen molar-refractivity contribution in [1.29, 1.82) is 0 Å². The zero-order valence-electron chi connectivity index (χ0n) is 10.2. The van der Waals surface area contributed by atoms with E-state index in [0.29, 0.717) is 6.54 Å². The minimum absolute atomic E-state index is 0.0756. The summed E-state index contributed by atoms with van der Waals surface area (Å²) in [5.74, 6) is -0.0238. The van der Waals surface area contributed by atoms with Gasteiger partial charge in [-0.15, -0.1) is 0 Å². The minimum atomic E-state index is -0.0994. The number of hydrogen-bond acceptors (Lipinski definition) is 2. The van der Waals surface area contributed by atoms with Crippen molar-refractivity contribution in [3.63, 3.8) is 0 Å². The van der Waals surface area contributed by atoms with Crippen molar-refractivity contribution >= 4 is 5.91 Å². The lowest BCUT2D eigenvalue weighted by atomic mass is 10.0. The van der Waals surface area contributed by atoms with Gasteiger partial charge in [-0.2, -0.15) is 0 Å². The van der Waals surface area contributed by atoms with Crippen molar-refractivity contribution in [3.8, 4) is 0 Å². The third kappa shape index (κ3) is 3.30. The van der Waals surface area contributed by atoms with Crippen LogP contribution in [0.3, 0.4) is 0 Å². The molecule has 1 fully saturated rings. The van der Waals surface area contributed by atoms with E-state index in [1.807, 2.05) is 37.3 Å². The van der Waals surface area contributed by atoms with Crippen molar-refractivity contribution in [1.82, 2.24) is 5.32 Å². The first-order chi connectivity index (χ1) is 8.27. The summed E-state index contributed by atoms with van der Waals surface area (Å²) in [6.07, 6.45) is 2.37. The Labute approximate surface area is 102 Å². The molecule has 0 aromatic heterocycles. The van der Waals surface area contributed by atoms with E-state index in [1.54, 1.807) is 0 Å². The lowest BCUT2D eigenvalue weighted by Crippen LogP contribution is -2.34. The number of amides is 1. The molecule has 0 aliphatic carbocycles. The van der Waals surface area contributed by atoms with E-state index in [4.69, 9.17) is 4.74 Å². The highest BCUT2D eigenvalue weighted by molar-refractivity contribution is 5.83. The first-order valence-corrected chi connectivity index (χ1v) is 6.21.